The fourth-order valence-corrected chi connectivity index (χ4v) is 0. The Morgan fingerprint density at radius 2 is 1.50 bits per heavy atom. The summed E-state index contributed by atoms with van der Waals surface area (Å²) in [5.74, 6) is 0. The molecular formula is H2AlFORb. The Balaban J connectivity index is -0.00000000167. The first-order chi connectivity index (χ1) is 1.00. The van der Waals surface area contributed by atoms with E-state index >= 15 is 0 Å². The molecule has 4 heavy (non-hydrogen) atoms. The molecule has 0 heterocycles. The van der Waals surface area contributed by atoms with E-state index in [1.807, 2.05) is 0 Å². The van der Waals surface area contributed by atoms with Gasteiger partial charge in [0.1, 0.15) is 0 Å². The van der Waals surface area contributed by atoms with Crippen LogP contribution in [-0.4, -0.2) is 16.2 Å². The normalized spacial score (nSPS) is 0.750. The summed E-state index contributed by atoms with van der Waals surface area (Å²) in [5.41, 5.74) is 0. The molecule has 0 fully saturated rings. The van der Waals surface area contributed by atoms with E-state index in [-0.39, 0.29) is 64.3 Å². The Kier molecular flexibility index (Phi) is 81.2. The van der Waals surface area contributed by atoms with Crippen molar-refractivity contribution < 1.29 is 68.1 Å². The summed E-state index contributed by atoms with van der Waals surface area (Å²) >= 11 is 1.17. The van der Waals surface area contributed by atoms with Gasteiger partial charge in [-0.05, 0) is 0 Å². The van der Waals surface area contributed by atoms with E-state index in [1.165, 1.54) is 16.2 Å². The minimum atomic E-state index is 0. The van der Waals surface area contributed by atoms with Crippen LogP contribution in [0.3, 0.4) is 0 Å². The molecule has 1 nitrogen and oxygen atoms in total. The van der Waals surface area contributed by atoms with Gasteiger partial charge in [-0.3, -0.25) is 4.70 Å². The molecule has 0 aliphatic rings. The maximum Gasteiger partial charge on any atom is 1.00 e. The van der Waals surface area contributed by atoms with Gasteiger partial charge in [-0.25, -0.2) is 0 Å². The zero-order chi connectivity index (χ0) is 2.00. The van der Waals surface area contributed by atoms with Crippen LogP contribution in [0.25, 0.3) is 0 Å². The topological polar surface area (TPSA) is 17.1 Å². The van der Waals surface area contributed by atoms with Crippen LogP contribution in [0.15, 0.2) is 0 Å². The first-order valence-corrected chi connectivity index (χ1v) is 0.707. The Hall–Kier alpha value is 2.07. The third-order valence-electron chi connectivity index (χ3n) is 0. The van der Waals surface area contributed by atoms with Crippen LogP contribution in [0.4, 0.5) is 4.70 Å². The van der Waals surface area contributed by atoms with E-state index in [9.17, 15) is 0 Å². The van der Waals surface area contributed by atoms with Crippen LogP contribution < -0.4 is 58.2 Å². The van der Waals surface area contributed by atoms with Crippen molar-refractivity contribution in [1.82, 2.24) is 0 Å². The van der Waals surface area contributed by atoms with Gasteiger partial charge in [0, 0.05) is 0 Å². The molecule has 0 saturated heterocycles. The minimum absolute atomic E-state index is 0. The Morgan fingerprint density at radius 1 is 1.50 bits per heavy atom. The van der Waals surface area contributed by atoms with Gasteiger partial charge in [0.2, 0.25) is 0 Å². The molecular weight excluding hydrogens is 147 g/mol. The zero-order valence-electron chi connectivity index (χ0n) is 3.39. The predicted molar refractivity (Wildman–Crippen MR) is 10.1 cm³/mol. The Labute approximate surface area is 82.4 Å². The van der Waals surface area contributed by atoms with E-state index in [1.54, 1.807) is 0 Å². The molecule has 0 bridgehead atoms. The second-order valence-corrected chi connectivity index (χ2v) is 0. The van der Waals surface area contributed by atoms with Gasteiger partial charge in [0.15, 0.2) is 0 Å². The number of hydrogen-bond acceptors (Lipinski definition) is 1. The third-order valence-corrected chi connectivity index (χ3v) is 0. The zero-order valence-corrected chi connectivity index (χ0v) is 8.46. The summed E-state index contributed by atoms with van der Waals surface area (Å²) < 4.78 is 8.17. The summed E-state index contributed by atoms with van der Waals surface area (Å²) in [7, 11) is 0. The quantitative estimate of drug-likeness (QED) is 0.331. The van der Waals surface area contributed by atoms with Crippen molar-refractivity contribution in [3.8, 4) is 0 Å². The van der Waals surface area contributed by atoms with Gasteiger partial charge in [-0.1, -0.05) is 0 Å². The molecule has 0 rings (SSSR count). The van der Waals surface area contributed by atoms with Crippen molar-refractivity contribution in [2.75, 3.05) is 0 Å². The number of rotatable bonds is 0. The fraction of sp³-hybridized carbons (Fsp3) is 0. The van der Waals surface area contributed by atoms with Crippen molar-refractivity contribution in [3.63, 3.8) is 0 Å². The molecule has 0 atom stereocenters. The molecule has 0 unspecified atom stereocenters. The largest absolute Gasteiger partial charge is 1.00 e. The van der Waals surface area contributed by atoms with E-state index in [2.05, 4.69) is 0 Å². The first kappa shape index (κ1) is 16.6. The predicted octanol–water partition coefficient (Wildman–Crippen LogP) is -3.23. The second kappa shape index (κ2) is 19.6. The number of hydrogen-bond donors (Lipinski definition) is 0. The van der Waals surface area contributed by atoms with Gasteiger partial charge < -0.3 is 1.43 Å². The van der Waals surface area contributed by atoms with E-state index in [0.29, 0.717) is 0 Å². The van der Waals surface area contributed by atoms with Crippen molar-refractivity contribution >= 4 is 16.2 Å². The smallest absolute Gasteiger partial charge is 1.00 e. The van der Waals surface area contributed by atoms with Crippen LogP contribution in [-0.2, 0) is 3.80 Å². The van der Waals surface area contributed by atoms with E-state index < -0.39 is 0 Å². The maximum absolute atomic E-state index is 8.17. The third kappa shape index (κ3) is 8.95. The standard InChI is InChI=1S/Al.FH.O.Rb.H/h;1H;;;/q;;;+1;-1. The molecule has 19 valence electrons. The summed E-state index contributed by atoms with van der Waals surface area (Å²) in [5, 5.41) is 0. The van der Waals surface area contributed by atoms with Crippen molar-refractivity contribution in [2.45, 2.75) is 0 Å². The molecule has 0 aliphatic heterocycles. The molecule has 4 heteroatoms. The molecule has 0 aromatic rings. The molecule has 1 radical (unpaired) electrons. The average Bonchev–Trinajstić information content (AvgIpc) is 1.00. The summed E-state index contributed by atoms with van der Waals surface area (Å²) in [6, 6.07) is 0. The molecule has 0 N–H and O–H groups in total. The van der Waals surface area contributed by atoms with Crippen molar-refractivity contribution in [2.24, 2.45) is 0 Å². The van der Waals surface area contributed by atoms with Crippen molar-refractivity contribution in [1.29, 1.82) is 0 Å². The molecule has 0 aromatic heterocycles. The molecule has 0 aliphatic carbocycles. The number of halogens is 1. The molecule has 0 amide bonds. The van der Waals surface area contributed by atoms with Crippen LogP contribution in [0, 0.1) is 0 Å². The van der Waals surface area contributed by atoms with Gasteiger partial charge in [0.25, 0.3) is 0 Å². The van der Waals surface area contributed by atoms with Gasteiger partial charge in [-0.15, -0.1) is 0 Å². The maximum atomic E-state index is 8.17. The molecule has 0 spiro atoms. The van der Waals surface area contributed by atoms with Gasteiger partial charge in [0.05, 0.1) is 0 Å². The summed E-state index contributed by atoms with van der Waals surface area (Å²) in [4.78, 5) is 0. The Bertz CT molecular complexity index is 11.6. The Morgan fingerprint density at radius 3 is 1.50 bits per heavy atom. The second-order valence-electron chi connectivity index (χ2n) is 0. The van der Waals surface area contributed by atoms with Gasteiger partial charge in [-0.2, -0.15) is 0 Å². The molecule has 0 aromatic carbocycles. The summed E-state index contributed by atoms with van der Waals surface area (Å²) in [6.45, 7) is 0. The van der Waals surface area contributed by atoms with Crippen LogP contribution >= 0.6 is 0 Å². The van der Waals surface area contributed by atoms with Crippen LogP contribution in [0.5, 0.6) is 0 Å². The molecule has 0 saturated carbocycles. The van der Waals surface area contributed by atoms with E-state index in [0.717, 1.165) is 0 Å². The van der Waals surface area contributed by atoms with Gasteiger partial charge >= 0.3 is 78.2 Å². The fourth-order valence-electron chi connectivity index (χ4n) is 0. The average molecular weight is 149 g/mol. The summed E-state index contributed by atoms with van der Waals surface area (Å²) in [6.07, 6.45) is 0. The van der Waals surface area contributed by atoms with E-state index in [4.69, 9.17) is 3.80 Å². The monoisotopic (exact) mass is 149 g/mol. The van der Waals surface area contributed by atoms with Crippen LogP contribution in [0.2, 0.25) is 0 Å². The van der Waals surface area contributed by atoms with Crippen molar-refractivity contribution in [3.05, 3.63) is 0 Å². The van der Waals surface area contributed by atoms with Crippen LogP contribution in [0.1, 0.15) is 1.43 Å². The SMILES string of the molecule is F.[H-].[O]=[Al].[Rb+]. The minimum Gasteiger partial charge on any atom is 1.00 e. The first-order valence-electron chi connectivity index (χ1n) is 0.236.